The molecule has 0 amide bonds. The second kappa shape index (κ2) is 3.00. The molecule has 1 aromatic heterocycles. The maximum atomic E-state index is 11.6. The molecule has 3 nitrogen and oxygen atoms in total. The molecule has 0 aliphatic carbocycles. The molecule has 3 rings (SSSR count). The molecule has 4 heteroatoms. The molecule has 0 fully saturated rings. The second-order valence-electron chi connectivity index (χ2n) is 3.43. The van der Waals surface area contributed by atoms with E-state index in [4.69, 9.17) is 20.8 Å². The van der Waals surface area contributed by atoms with Crippen LogP contribution in [0.4, 0.5) is 0 Å². The SMILES string of the molecule is O=c1oc2ccccc2c2c1CC(Cl)O2. The van der Waals surface area contributed by atoms with Gasteiger partial charge in [0.25, 0.3) is 0 Å². The Kier molecular flexibility index (Phi) is 1.76. The lowest BCUT2D eigenvalue weighted by Crippen LogP contribution is -2.06. The van der Waals surface area contributed by atoms with Crippen LogP contribution in [0.3, 0.4) is 0 Å². The molecule has 2 heterocycles. The van der Waals surface area contributed by atoms with Crippen molar-refractivity contribution in [3.05, 3.63) is 40.2 Å². The van der Waals surface area contributed by atoms with Crippen LogP contribution in [0, 0.1) is 0 Å². The molecule has 0 N–H and O–H groups in total. The highest BCUT2D eigenvalue weighted by molar-refractivity contribution is 6.20. The van der Waals surface area contributed by atoms with E-state index in [9.17, 15) is 4.79 Å². The zero-order valence-corrected chi connectivity index (χ0v) is 8.45. The van der Waals surface area contributed by atoms with Gasteiger partial charge in [0.05, 0.1) is 10.9 Å². The smallest absolute Gasteiger partial charge is 0.343 e. The van der Waals surface area contributed by atoms with Crippen LogP contribution in [0.5, 0.6) is 5.75 Å². The summed E-state index contributed by atoms with van der Waals surface area (Å²) >= 11 is 5.85. The first-order valence-corrected chi connectivity index (χ1v) is 5.05. The van der Waals surface area contributed by atoms with Crippen LogP contribution in [0.1, 0.15) is 5.56 Å². The average molecular weight is 223 g/mol. The Labute approximate surface area is 90.2 Å². The minimum Gasteiger partial charge on any atom is -0.473 e. The first-order valence-electron chi connectivity index (χ1n) is 4.61. The Bertz CT molecular complexity index is 588. The van der Waals surface area contributed by atoms with Crippen molar-refractivity contribution in [2.24, 2.45) is 0 Å². The summed E-state index contributed by atoms with van der Waals surface area (Å²) in [6, 6.07) is 7.27. The molecule has 0 spiro atoms. The molecule has 1 aliphatic rings. The Balaban J connectivity index is 2.43. The van der Waals surface area contributed by atoms with E-state index in [1.54, 1.807) is 6.07 Å². The van der Waals surface area contributed by atoms with Crippen LogP contribution in [0.2, 0.25) is 0 Å². The summed E-state index contributed by atoms with van der Waals surface area (Å²) in [6.07, 6.45) is 0.407. The number of alkyl halides is 1. The highest BCUT2D eigenvalue weighted by atomic mass is 35.5. The average Bonchev–Trinajstić information content (AvgIpc) is 2.61. The molecule has 1 aliphatic heterocycles. The first kappa shape index (κ1) is 8.80. The Morgan fingerprint density at radius 3 is 3.00 bits per heavy atom. The van der Waals surface area contributed by atoms with Crippen LogP contribution >= 0.6 is 11.6 Å². The Morgan fingerprint density at radius 2 is 2.13 bits per heavy atom. The van der Waals surface area contributed by atoms with E-state index in [1.807, 2.05) is 18.2 Å². The van der Waals surface area contributed by atoms with Crippen molar-refractivity contribution >= 4 is 22.6 Å². The quantitative estimate of drug-likeness (QED) is 0.507. The molecule has 1 unspecified atom stereocenters. The van der Waals surface area contributed by atoms with Gasteiger partial charge in [0.15, 0.2) is 5.56 Å². The number of para-hydroxylation sites is 1. The third kappa shape index (κ3) is 1.23. The van der Waals surface area contributed by atoms with Gasteiger partial charge < -0.3 is 9.15 Å². The van der Waals surface area contributed by atoms with E-state index >= 15 is 0 Å². The fourth-order valence-corrected chi connectivity index (χ4v) is 2.04. The van der Waals surface area contributed by atoms with Gasteiger partial charge in [-0.3, -0.25) is 0 Å². The highest BCUT2D eigenvalue weighted by Gasteiger charge is 2.27. The lowest BCUT2D eigenvalue weighted by Gasteiger charge is -2.03. The van der Waals surface area contributed by atoms with Crippen LogP contribution in [-0.2, 0) is 6.42 Å². The second-order valence-corrected chi connectivity index (χ2v) is 3.91. The van der Waals surface area contributed by atoms with Gasteiger partial charge in [0.2, 0.25) is 0 Å². The van der Waals surface area contributed by atoms with Gasteiger partial charge in [-0.05, 0) is 12.1 Å². The van der Waals surface area contributed by atoms with Gasteiger partial charge in [0, 0.05) is 6.42 Å². The van der Waals surface area contributed by atoms with E-state index in [2.05, 4.69) is 0 Å². The van der Waals surface area contributed by atoms with Crippen LogP contribution in [-0.4, -0.2) is 5.56 Å². The lowest BCUT2D eigenvalue weighted by molar-refractivity contribution is 0.319. The first-order chi connectivity index (χ1) is 7.25. The standard InChI is InChI=1S/C11H7ClO3/c12-9-5-7-10(15-9)6-3-1-2-4-8(6)14-11(7)13/h1-4,9H,5H2. The molecule has 76 valence electrons. The van der Waals surface area contributed by atoms with Crippen molar-refractivity contribution in [3.63, 3.8) is 0 Å². The molecule has 1 atom stereocenters. The van der Waals surface area contributed by atoms with E-state index in [0.29, 0.717) is 23.3 Å². The number of hydrogen-bond donors (Lipinski definition) is 0. The fraction of sp³-hybridized carbons (Fsp3) is 0.182. The Morgan fingerprint density at radius 1 is 1.33 bits per heavy atom. The number of fused-ring (bicyclic) bond motifs is 3. The van der Waals surface area contributed by atoms with Crippen molar-refractivity contribution in [2.45, 2.75) is 12.0 Å². The van der Waals surface area contributed by atoms with Gasteiger partial charge in [-0.1, -0.05) is 23.7 Å². The molecule has 2 aromatic rings. The van der Waals surface area contributed by atoms with Gasteiger partial charge >= 0.3 is 5.63 Å². The van der Waals surface area contributed by atoms with Gasteiger partial charge in [-0.15, -0.1) is 0 Å². The van der Waals surface area contributed by atoms with Crippen LogP contribution in [0.25, 0.3) is 11.0 Å². The summed E-state index contributed by atoms with van der Waals surface area (Å²) in [7, 11) is 0. The summed E-state index contributed by atoms with van der Waals surface area (Å²) < 4.78 is 10.6. The predicted octanol–water partition coefficient (Wildman–Crippen LogP) is 2.29. The monoisotopic (exact) mass is 222 g/mol. The maximum Gasteiger partial charge on any atom is 0.343 e. The zero-order valence-electron chi connectivity index (χ0n) is 7.70. The zero-order chi connectivity index (χ0) is 10.4. The normalized spacial score (nSPS) is 18.9. The predicted molar refractivity (Wildman–Crippen MR) is 56.5 cm³/mol. The molecule has 1 aromatic carbocycles. The summed E-state index contributed by atoms with van der Waals surface area (Å²) in [5, 5.41) is 0.801. The minimum atomic E-state index is -0.464. The van der Waals surface area contributed by atoms with Crippen molar-refractivity contribution in [3.8, 4) is 5.75 Å². The van der Waals surface area contributed by atoms with E-state index in [1.165, 1.54) is 0 Å². The molecule has 0 radical (unpaired) electrons. The summed E-state index contributed by atoms with van der Waals surface area (Å²) in [6.45, 7) is 0. The molecule has 0 bridgehead atoms. The lowest BCUT2D eigenvalue weighted by atomic mass is 10.1. The molecule has 0 saturated heterocycles. The summed E-state index contributed by atoms with van der Waals surface area (Å²) in [5.41, 5.74) is 0.251. The Hall–Kier alpha value is -1.48. The van der Waals surface area contributed by atoms with Crippen molar-refractivity contribution in [1.29, 1.82) is 0 Å². The number of benzene rings is 1. The molecular weight excluding hydrogens is 216 g/mol. The number of hydrogen-bond acceptors (Lipinski definition) is 3. The van der Waals surface area contributed by atoms with Crippen molar-refractivity contribution < 1.29 is 9.15 Å². The maximum absolute atomic E-state index is 11.6. The van der Waals surface area contributed by atoms with E-state index in [-0.39, 0.29) is 5.63 Å². The summed E-state index contributed by atoms with van der Waals surface area (Å²) in [4.78, 5) is 11.6. The topological polar surface area (TPSA) is 39.4 Å². The molecular formula is C11H7ClO3. The van der Waals surface area contributed by atoms with Crippen LogP contribution < -0.4 is 10.4 Å². The molecule has 0 saturated carbocycles. The van der Waals surface area contributed by atoms with Crippen molar-refractivity contribution in [1.82, 2.24) is 0 Å². The van der Waals surface area contributed by atoms with E-state index in [0.717, 1.165) is 5.39 Å². The van der Waals surface area contributed by atoms with E-state index < -0.39 is 5.56 Å². The third-order valence-corrected chi connectivity index (χ3v) is 2.71. The fourth-order valence-electron chi connectivity index (χ4n) is 1.80. The van der Waals surface area contributed by atoms with Gasteiger partial charge in [0.1, 0.15) is 11.3 Å². The number of rotatable bonds is 0. The largest absolute Gasteiger partial charge is 0.473 e. The van der Waals surface area contributed by atoms with Gasteiger partial charge in [-0.25, -0.2) is 4.79 Å². The highest BCUT2D eigenvalue weighted by Crippen LogP contribution is 2.34. The molecule has 15 heavy (non-hydrogen) atoms. The van der Waals surface area contributed by atoms with Crippen LogP contribution in [0.15, 0.2) is 33.5 Å². The summed E-state index contributed by atoms with van der Waals surface area (Å²) in [5.74, 6) is 0.571. The number of ether oxygens (including phenoxy) is 1. The third-order valence-electron chi connectivity index (χ3n) is 2.47. The van der Waals surface area contributed by atoms with Crippen molar-refractivity contribution in [2.75, 3.05) is 0 Å². The minimum absolute atomic E-state index is 0.355. The number of halogens is 1. The van der Waals surface area contributed by atoms with Gasteiger partial charge in [-0.2, -0.15) is 0 Å².